The standard InChI is InChI=1S/C20H32N2O2S/c23-18(16-8-4-5-9-16)21-12-10-20(11-13-21)22(14-15-25-20)19(24)17-6-2-1-3-7-17/h16-17H,1-15H2. The Morgan fingerprint density at radius 2 is 1.32 bits per heavy atom. The number of thioether (sulfide) groups is 1. The zero-order valence-corrected chi connectivity index (χ0v) is 16.2. The molecule has 4 rings (SSSR count). The Morgan fingerprint density at radius 1 is 0.760 bits per heavy atom. The number of likely N-dealkylation sites (tertiary alicyclic amines) is 1. The molecule has 2 saturated carbocycles. The van der Waals surface area contributed by atoms with Crippen LogP contribution in [0.15, 0.2) is 0 Å². The van der Waals surface area contributed by atoms with Gasteiger partial charge in [0.15, 0.2) is 0 Å². The Balaban J connectivity index is 1.38. The SMILES string of the molecule is O=C(C1CCCC1)N1CCC2(CC1)SCCN2C(=O)C1CCCCC1. The minimum absolute atomic E-state index is 0.0129. The number of piperidine rings is 1. The van der Waals surface area contributed by atoms with Crippen molar-refractivity contribution < 1.29 is 9.59 Å². The highest BCUT2D eigenvalue weighted by molar-refractivity contribution is 8.00. The molecule has 0 aromatic rings. The lowest BCUT2D eigenvalue weighted by molar-refractivity contribution is -0.142. The van der Waals surface area contributed by atoms with E-state index in [-0.39, 0.29) is 16.7 Å². The summed E-state index contributed by atoms with van der Waals surface area (Å²) in [5, 5.41) is 0. The van der Waals surface area contributed by atoms with Gasteiger partial charge in [0, 0.05) is 37.2 Å². The molecule has 2 aliphatic carbocycles. The van der Waals surface area contributed by atoms with Crippen LogP contribution in [0.1, 0.15) is 70.6 Å². The van der Waals surface area contributed by atoms with E-state index in [0.717, 1.165) is 63.9 Å². The van der Waals surface area contributed by atoms with Crippen molar-refractivity contribution in [2.45, 2.75) is 75.5 Å². The topological polar surface area (TPSA) is 40.6 Å². The van der Waals surface area contributed by atoms with Crippen LogP contribution < -0.4 is 0 Å². The van der Waals surface area contributed by atoms with E-state index in [2.05, 4.69) is 9.80 Å². The molecule has 0 atom stereocenters. The normalized spacial score (nSPS) is 28.0. The first-order chi connectivity index (χ1) is 12.2. The summed E-state index contributed by atoms with van der Waals surface area (Å²) in [6.07, 6.45) is 12.4. The third-order valence-electron chi connectivity index (χ3n) is 6.96. The van der Waals surface area contributed by atoms with Crippen LogP contribution in [-0.2, 0) is 9.59 Å². The van der Waals surface area contributed by atoms with Gasteiger partial charge in [-0.15, -0.1) is 11.8 Å². The summed E-state index contributed by atoms with van der Waals surface area (Å²) in [6.45, 7) is 2.60. The summed E-state index contributed by atoms with van der Waals surface area (Å²) in [5.41, 5.74) is 0. The van der Waals surface area contributed by atoms with E-state index in [1.807, 2.05) is 11.8 Å². The molecule has 0 bridgehead atoms. The van der Waals surface area contributed by atoms with Crippen LogP contribution in [0.4, 0.5) is 0 Å². The lowest BCUT2D eigenvalue weighted by Crippen LogP contribution is -2.55. The molecule has 25 heavy (non-hydrogen) atoms. The van der Waals surface area contributed by atoms with Crippen molar-refractivity contribution >= 4 is 23.6 Å². The van der Waals surface area contributed by atoms with Crippen molar-refractivity contribution in [3.8, 4) is 0 Å². The number of carbonyl (C=O) groups is 2. The maximum atomic E-state index is 13.1. The van der Waals surface area contributed by atoms with Crippen LogP contribution in [0.3, 0.4) is 0 Å². The first kappa shape index (κ1) is 17.7. The highest BCUT2D eigenvalue weighted by Gasteiger charge is 2.48. The molecule has 4 aliphatic rings. The predicted octanol–water partition coefficient (Wildman–Crippen LogP) is 3.65. The number of nitrogens with zero attached hydrogens (tertiary/aromatic N) is 2. The van der Waals surface area contributed by atoms with E-state index in [1.54, 1.807) is 0 Å². The smallest absolute Gasteiger partial charge is 0.226 e. The minimum atomic E-state index is -0.0129. The Bertz CT molecular complexity index is 504. The van der Waals surface area contributed by atoms with Gasteiger partial charge >= 0.3 is 0 Å². The van der Waals surface area contributed by atoms with E-state index < -0.39 is 0 Å². The Kier molecular flexibility index (Phi) is 5.30. The Labute approximate surface area is 156 Å². The van der Waals surface area contributed by atoms with Gasteiger partial charge in [-0.2, -0.15) is 0 Å². The van der Waals surface area contributed by atoms with Crippen molar-refractivity contribution in [1.29, 1.82) is 0 Å². The lowest BCUT2D eigenvalue weighted by Gasteiger charge is -2.45. The van der Waals surface area contributed by atoms with Crippen molar-refractivity contribution in [3.05, 3.63) is 0 Å². The van der Waals surface area contributed by atoms with Crippen LogP contribution in [0.25, 0.3) is 0 Å². The molecular weight excluding hydrogens is 332 g/mol. The summed E-state index contributed by atoms with van der Waals surface area (Å²) in [6, 6.07) is 0. The van der Waals surface area contributed by atoms with Crippen molar-refractivity contribution in [2.75, 3.05) is 25.4 Å². The maximum absolute atomic E-state index is 13.1. The molecule has 4 nitrogen and oxygen atoms in total. The Hall–Kier alpha value is -0.710. The first-order valence-corrected chi connectivity index (χ1v) is 11.4. The minimum Gasteiger partial charge on any atom is -0.342 e. The van der Waals surface area contributed by atoms with Crippen LogP contribution >= 0.6 is 11.8 Å². The number of hydrogen-bond donors (Lipinski definition) is 0. The largest absolute Gasteiger partial charge is 0.342 e. The number of carbonyl (C=O) groups excluding carboxylic acids is 2. The van der Waals surface area contributed by atoms with Gasteiger partial charge < -0.3 is 9.80 Å². The highest BCUT2D eigenvalue weighted by atomic mass is 32.2. The lowest BCUT2D eigenvalue weighted by atomic mass is 9.87. The molecule has 0 radical (unpaired) electrons. The van der Waals surface area contributed by atoms with Gasteiger partial charge in [0.05, 0.1) is 4.87 Å². The van der Waals surface area contributed by atoms with Crippen molar-refractivity contribution in [3.63, 3.8) is 0 Å². The van der Waals surface area contributed by atoms with E-state index in [4.69, 9.17) is 0 Å². The van der Waals surface area contributed by atoms with Crippen LogP contribution in [0, 0.1) is 11.8 Å². The summed E-state index contributed by atoms with van der Waals surface area (Å²) < 4.78 is 0. The van der Waals surface area contributed by atoms with Gasteiger partial charge in [-0.05, 0) is 38.5 Å². The fourth-order valence-electron chi connectivity index (χ4n) is 5.41. The van der Waals surface area contributed by atoms with Gasteiger partial charge in [0.25, 0.3) is 0 Å². The summed E-state index contributed by atoms with van der Waals surface area (Å²) in [7, 11) is 0. The van der Waals surface area contributed by atoms with Gasteiger partial charge in [-0.3, -0.25) is 9.59 Å². The second kappa shape index (κ2) is 7.50. The third-order valence-corrected chi connectivity index (χ3v) is 8.51. The van der Waals surface area contributed by atoms with Gasteiger partial charge in [0.1, 0.15) is 0 Å². The molecule has 0 aromatic carbocycles. The molecule has 2 saturated heterocycles. The molecule has 2 heterocycles. The molecule has 0 unspecified atom stereocenters. The highest BCUT2D eigenvalue weighted by Crippen LogP contribution is 2.45. The molecule has 2 aliphatic heterocycles. The van der Waals surface area contributed by atoms with E-state index in [9.17, 15) is 9.59 Å². The fourth-order valence-corrected chi connectivity index (χ4v) is 6.87. The molecule has 4 fully saturated rings. The first-order valence-electron chi connectivity index (χ1n) is 10.4. The average Bonchev–Trinajstić information content (AvgIpc) is 3.32. The van der Waals surface area contributed by atoms with E-state index >= 15 is 0 Å². The molecule has 0 N–H and O–H groups in total. The zero-order chi connectivity index (χ0) is 17.3. The van der Waals surface area contributed by atoms with Gasteiger partial charge in [-0.25, -0.2) is 0 Å². The predicted molar refractivity (Wildman–Crippen MR) is 101 cm³/mol. The molecule has 140 valence electrons. The molecule has 1 spiro atoms. The maximum Gasteiger partial charge on any atom is 0.226 e. The molecular formula is C20H32N2O2S. The van der Waals surface area contributed by atoms with Gasteiger partial charge in [-0.1, -0.05) is 32.1 Å². The van der Waals surface area contributed by atoms with Crippen LogP contribution in [0.2, 0.25) is 0 Å². The quantitative estimate of drug-likeness (QED) is 0.751. The zero-order valence-electron chi connectivity index (χ0n) is 15.4. The third kappa shape index (κ3) is 3.45. The summed E-state index contributed by atoms with van der Waals surface area (Å²) in [5.74, 6) is 2.42. The number of hydrogen-bond acceptors (Lipinski definition) is 3. The van der Waals surface area contributed by atoms with Crippen LogP contribution in [-0.4, -0.2) is 51.9 Å². The van der Waals surface area contributed by atoms with Gasteiger partial charge in [0.2, 0.25) is 11.8 Å². The fraction of sp³-hybridized carbons (Fsp3) is 0.900. The Morgan fingerprint density at radius 3 is 1.96 bits per heavy atom. The van der Waals surface area contributed by atoms with Crippen molar-refractivity contribution in [1.82, 2.24) is 9.80 Å². The average molecular weight is 365 g/mol. The van der Waals surface area contributed by atoms with Crippen molar-refractivity contribution in [2.24, 2.45) is 11.8 Å². The molecule has 2 amide bonds. The second-order valence-electron chi connectivity index (χ2n) is 8.43. The molecule has 0 aromatic heterocycles. The molecule has 5 heteroatoms. The summed E-state index contributed by atoms with van der Waals surface area (Å²) in [4.78, 5) is 30.2. The van der Waals surface area contributed by atoms with E-state index in [1.165, 1.54) is 32.1 Å². The summed E-state index contributed by atoms with van der Waals surface area (Å²) >= 11 is 1.98. The monoisotopic (exact) mass is 364 g/mol. The van der Waals surface area contributed by atoms with E-state index in [0.29, 0.717) is 11.8 Å². The number of rotatable bonds is 2. The number of amides is 2. The second-order valence-corrected chi connectivity index (χ2v) is 9.88. The van der Waals surface area contributed by atoms with Crippen LogP contribution in [0.5, 0.6) is 0 Å².